The highest BCUT2D eigenvalue weighted by molar-refractivity contribution is 7.80. The fraction of sp³-hybridized carbons (Fsp3) is 0.250. The molecule has 1 unspecified atom stereocenters. The van der Waals surface area contributed by atoms with Crippen molar-refractivity contribution in [1.82, 2.24) is 4.98 Å². The Morgan fingerprint density at radius 1 is 1.40 bits per heavy atom. The molecule has 2 aromatic rings. The lowest BCUT2D eigenvalue weighted by molar-refractivity contribution is 0.391. The Bertz CT molecular complexity index is 589. The molecule has 1 aromatic carbocycles. The predicted octanol–water partition coefficient (Wildman–Crippen LogP) is 1.96. The normalized spacial score (nSPS) is 11.9. The van der Waals surface area contributed by atoms with Gasteiger partial charge in [-0.25, -0.2) is 4.98 Å². The first kappa shape index (κ1) is 14.8. The van der Waals surface area contributed by atoms with E-state index in [1.807, 2.05) is 0 Å². The van der Waals surface area contributed by atoms with E-state index in [1.54, 1.807) is 36.9 Å². The first-order chi connectivity index (χ1) is 9.65. The number of ether oxygens (including phenoxy) is 2. The van der Waals surface area contributed by atoms with Crippen LogP contribution in [-0.2, 0) is 17.8 Å². The Hall–Kier alpha value is -1.64. The van der Waals surface area contributed by atoms with E-state index >= 15 is 0 Å². The molecule has 0 fully saturated rings. The molecule has 6 nitrogen and oxygen atoms in total. The van der Waals surface area contributed by atoms with Gasteiger partial charge in [0, 0.05) is 34.5 Å². The Labute approximate surface area is 123 Å². The number of nitrogens with zero attached hydrogens (tertiary/aromatic N) is 2. The standard InChI is InChI=1S/C12H14N2O4S2/c1-17-10-4-3-9(11(7-10)18-2)8-14(20(15)16)12-13-5-6-19-12/h3-7H,8H2,1-2H3,(H,15,16)/p-1. The molecule has 0 saturated carbocycles. The molecule has 108 valence electrons. The van der Waals surface area contributed by atoms with Gasteiger partial charge in [0.1, 0.15) is 11.5 Å². The van der Waals surface area contributed by atoms with Crippen LogP contribution in [0.1, 0.15) is 5.56 Å². The highest BCUT2D eigenvalue weighted by Gasteiger charge is 2.14. The molecule has 0 bridgehead atoms. The van der Waals surface area contributed by atoms with Gasteiger partial charge in [-0.15, -0.1) is 11.3 Å². The molecule has 1 heterocycles. The van der Waals surface area contributed by atoms with Crippen molar-refractivity contribution in [2.75, 3.05) is 18.5 Å². The summed E-state index contributed by atoms with van der Waals surface area (Å²) in [6.45, 7) is 0.150. The van der Waals surface area contributed by atoms with E-state index < -0.39 is 11.3 Å². The van der Waals surface area contributed by atoms with Crippen LogP contribution in [0, 0.1) is 0 Å². The number of hydrogen-bond donors (Lipinski definition) is 0. The van der Waals surface area contributed by atoms with Crippen molar-refractivity contribution in [3.63, 3.8) is 0 Å². The van der Waals surface area contributed by atoms with Crippen LogP contribution in [-0.4, -0.2) is 28.0 Å². The van der Waals surface area contributed by atoms with E-state index in [-0.39, 0.29) is 6.54 Å². The Morgan fingerprint density at radius 3 is 2.75 bits per heavy atom. The van der Waals surface area contributed by atoms with Gasteiger partial charge in [0.2, 0.25) is 0 Å². The zero-order valence-electron chi connectivity index (χ0n) is 10.9. The van der Waals surface area contributed by atoms with E-state index in [0.29, 0.717) is 16.6 Å². The third-order valence-electron chi connectivity index (χ3n) is 2.62. The average Bonchev–Trinajstić information content (AvgIpc) is 2.98. The number of anilines is 1. The number of aromatic nitrogens is 1. The van der Waals surface area contributed by atoms with Gasteiger partial charge in [-0.1, -0.05) is 0 Å². The molecule has 2 rings (SSSR count). The van der Waals surface area contributed by atoms with E-state index in [1.165, 1.54) is 22.8 Å². The summed E-state index contributed by atoms with van der Waals surface area (Å²) < 4.78 is 34.3. The third-order valence-corrected chi connectivity index (χ3v) is 4.19. The summed E-state index contributed by atoms with van der Waals surface area (Å²) >= 11 is -1.15. The van der Waals surface area contributed by atoms with Crippen molar-refractivity contribution in [3.05, 3.63) is 35.3 Å². The lowest BCUT2D eigenvalue weighted by atomic mass is 10.2. The highest BCUT2D eigenvalue weighted by Crippen LogP contribution is 2.28. The Balaban J connectivity index is 2.29. The number of methoxy groups -OCH3 is 2. The SMILES string of the molecule is COc1ccc(CN(c2nccs2)S(=O)[O-])c(OC)c1. The van der Waals surface area contributed by atoms with Crippen molar-refractivity contribution in [3.8, 4) is 11.5 Å². The number of rotatable bonds is 6. The van der Waals surface area contributed by atoms with Crippen molar-refractivity contribution < 1.29 is 18.2 Å². The fourth-order valence-corrected chi connectivity index (χ4v) is 2.94. The molecule has 0 aliphatic carbocycles. The summed E-state index contributed by atoms with van der Waals surface area (Å²) in [5.41, 5.74) is 0.729. The first-order valence-electron chi connectivity index (χ1n) is 5.63. The van der Waals surface area contributed by atoms with E-state index in [0.717, 1.165) is 5.56 Å². The van der Waals surface area contributed by atoms with Gasteiger partial charge in [0.15, 0.2) is 5.13 Å². The highest BCUT2D eigenvalue weighted by atomic mass is 32.2. The van der Waals surface area contributed by atoms with E-state index in [9.17, 15) is 8.76 Å². The van der Waals surface area contributed by atoms with Crippen LogP contribution in [0.15, 0.2) is 29.8 Å². The molecule has 0 radical (unpaired) electrons. The first-order valence-corrected chi connectivity index (χ1v) is 7.54. The quantitative estimate of drug-likeness (QED) is 0.762. The van der Waals surface area contributed by atoms with Crippen molar-refractivity contribution >= 4 is 27.7 Å². The number of thiazole rings is 1. The van der Waals surface area contributed by atoms with Gasteiger partial charge in [-0.05, 0) is 12.1 Å². The van der Waals surface area contributed by atoms with E-state index in [4.69, 9.17) is 9.47 Å². The molecule has 20 heavy (non-hydrogen) atoms. The summed E-state index contributed by atoms with van der Waals surface area (Å²) in [6, 6.07) is 5.24. The van der Waals surface area contributed by atoms with Crippen LogP contribution >= 0.6 is 11.3 Å². The molecule has 0 N–H and O–H groups in total. The lowest BCUT2D eigenvalue weighted by Crippen LogP contribution is -2.24. The molecular weight excluding hydrogens is 300 g/mol. The number of hydrogen-bond acceptors (Lipinski definition) is 6. The smallest absolute Gasteiger partial charge is 0.196 e. The van der Waals surface area contributed by atoms with E-state index in [2.05, 4.69) is 4.98 Å². The fourth-order valence-electron chi connectivity index (χ4n) is 1.66. The Morgan fingerprint density at radius 2 is 2.20 bits per heavy atom. The molecule has 0 amide bonds. The lowest BCUT2D eigenvalue weighted by Gasteiger charge is -2.24. The maximum absolute atomic E-state index is 11.4. The third kappa shape index (κ3) is 3.27. The predicted molar refractivity (Wildman–Crippen MR) is 76.8 cm³/mol. The van der Waals surface area contributed by atoms with Crippen molar-refractivity contribution in [2.45, 2.75) is 6.54 Å². The summed E-state index contributed by atoms with van der Waals surface area (Å²) in [5.74, 6) is 1.21. The van der Waals surface area contributed by atoms with Gasteiger partial charge in [0.25, 0.3) is 0 Å². The van der Waals surface area contributed by atoms with Crippen LogP contribution in [0.5, 0.6) is 11.5 Å². The van der Waals surface area contributed by atoms with Crippen molar-refractivity contribution in [2.24, 2.45) is 0 Å². The minimum atomic E-state index is -2.41. The maximum Gasteiger partial charge on any atom is 0.196 e. The van der Waals surface area contributed by atoms with Gasteiger partial charge in [-0.2, -0.15) is 0 Å². The molecule has 0 aliphatic heterocycles. The number of benzene rings is 1. The average molecular weight is 313 g/mol. The van der Waals surface area contributed by atoms with Crippen LogP contribution < -0.4 is 13.8 Å². The van der Waals surface area contributed by atoms with Crippen LogP contribution in [0.4, 0.5) is 5.13 Å². The summed E-state index contributed by atoms with van der Waals surface area (Å²) in [4.78, 5) is 4.01. The molecule has 1 atom stereocenters. The molecule has 1 aromatic heterocycles. The van der Waals surface area contributed by atoms with Crippen LogP contribution in [0.3, 0.4) is 0 Å². The summed E-state index contributed by atoms with van der Waals surface area (Å²) in [6.07, 6.45) is 1.56. The monoisotopic (exact) mass is 313 g/mol. The maximum atomic E-state index is 11.4. The van der Waals surface area contributed by atoms with Crippen LogP contribution in [0.25, 0.3) is 0 Å². The van der Waals surface area contributed by atoms with Gasteiger partial charge < -0.3 is 14.0 Å². The second-order valence-electron chi connectivity index (χ2n) is 3.75. The Kier molecular flexibility index (Phi) is 4.94. The minimum absolute atomic E-state index is 0.150. The van der Waals surface area contributed by atoms with Crippen LogP contribution in [0.2, 0.25) is 0 Å². The molecule has 8 heteroatoms. The second-order valence-corrected chi connectivity index (χ2v) is 5.49. The molecule has 0 aliphatic rings. The zero-order chi connectivity index (χ0) is 14.5. The molecule has 0 spiro atoms. The van der Waals surface area contributed by atoms with Gasteiger partial charge in [0.05, 0.1) is 20.8 Å². The largest absolute Gasteiger partial charge is 0.755 e. The summed E-state index contributed by atoms with van der Waals surface area (Å²) in [7, 11) is 3.09. The zero-order valence-corrected chi connectivity index (χ0v) is 12.6. The minimum Gasteiger partial charge on any atom is -0.755 e. The molecular formula is C12H13N2O4S2-. The molecule has 0 saturated heterocycles. The second kappa shape index (κ2) is 6.69. The van der Waals surface area contributed by atoms with Crippen molar-refractivity contribution in [1.29, 1.82) is 0 Å². The van der Waals surface area contributed by atoms with Gasteiger partial charge in [-0.3, -0.25) is 8.51 Å². The topological polar surface area (TPSA) is 74.7 Å². The van der Waals surface area contributed by atoms with Gasteiger partial charge >= 0.3 is 0 Å². The summed E-state index contributed by atoms with van der Waals surface area (Å²) in [5, 5.41) is 2.14.